The van der Waals surface area contributed by atoms with Crippen molar-refractivity contribution in [2.75, 3.05) is 26.3 Å². The molecule has 1 aromatic carbocycles. The van der Waals surface area contributed by atoms with Crippen molar-refractivity contribution in [2.45, 2.75) is 24.9 Å². The van der Waals surface area contributed by atoms with Gasteiger partial charge in [-0.05, 0) is 37.1 Å². The molecule has 2 fully saturated rings. The second-order valence-electron chi connectivity index (χ2n) is 6.45. The smallest absolute Gasteiger partial charge is 0.225 e. The lowest BCUT2D eigenvalue weighted by molar-refractivity contribution is -0.162. The molecule has 6 nitrogen and oxygen atoms in total. The lowest BCUT2D eigenvalue weighted by Gasteiger charge is -2.42. The third-order valence-electron chi connectivity index (χ3n) is 4.30. The Morgan fingerprint density at radius 1 is 1.33 bits per heavy atom. The van der Waals surface area contributed by atoms with Gasteiger partial charge in [0.1, 0.15) is 23.8 Å². The van der Waals surface area contributed by atoms with Crippen LogP contribution in [0.4, 0.5) is 4.39 Å². The van der Waals surface area contributed by atoms with Gasteiger partial charge in [0, 0.05) is 12.5 Å². The highest BCUT2D eigenvalue weighted by Crippen LogP contribution is 2.33. The van der Waals surface area contributed by atoms with Crippen LogP contribution < -0.4 is 10.5 Å². The maximum Gasteiger partial charge on any atom is 0.225 e. The number of amides is 2. The zero-order chi connectivity index (χ0) is 17.2. The average Bonchev–Trinajstić information content (AvgIpc) is 3.38. The fourth-order valence-corrected chi connectivity index (χ4v) is 2.93. The summed E-state index contributed by atoms with van der Waals surface area (Å²) in [5.41, 5.74) is 4.39. The van der Waals surface area contributed by atoms with Crippen molar-refractivity contribution in [2.24, 2.45) is 11.7 Å². The van der Waals surface area contributed by atoms with E-state index in [0.717, 1.165) is 12.8 Å². The Morgan fingerprint density at radius 3 is 2.67 bits per heavy atom. The van der Waals surface area contributed by atoms with Crippen molar-refractivity contribution in [3.63, 3.8) is 0 Å². The van der Waals surface area contributed by atoms with Gasteiger partial charge in [0.15, 0.2) is 0 Å². The van der Waals surface area contributed by atoms with Gasteiger partial charge in [-0.15, -0.1) is 0 Å². The van der Waals surface area contributed by atoms with E-state index in [4.69, 9.17) is 15.2 Å². The number of nitrogens with two attached hydrogens (primary N) is 1. The number of rotatable bonds is 6. The topological polar surface area (TPSA) is 81.9 Å². The second-order valence-corrected chi connectivity index (χ2v) is 6.45. The molecule has 0 radical (unpaired) electrons. The molecule has 130 valence electrons. The van der Waals surface area contributed by atoms with Gasteiger partial charge in [-0.1, -0.05) is 0 Å². The van der Waals surface area contributed by atoms with Gasteiger partial charge in [0.2, 0.25) is 11.8 Å². The molecule has 0 aromatic heterocycles. The van der Waals surface area contributed by atoms with E-state index in [1.807, 2.05) is 0 Å². The molecule has 1 saturated heterocycles. The SMILES string of the molecule is NC(=O)C[C@]1(COc2ccc(F)cc2)CN(C(=O)C2CC2)CCO1. The van der Waals surface area contributed by atoms with Crippen LogP contribution in [0.1, 0.15) is 19.3 Å². The molecule has 0 unspecified atom stereocenters. The first-order chi connectivity index (χ1) is 11.5. The van der Waals surface area contributed by atoms with E-state index in [1.54, 1.807) is 4.90 Å². The minimum Gasteiger partial charge on any atom is -0.490 e. The zero-order valence-corrected chi connectivity index (χ0v) is 13.4. The van der Waals surface area contributed by atoms with Gasteiger partial charge >= 0.3 is 0 Å². The number of carbonyl (C=O) groups excluding carboxylic acids is 2. The Kier molecular flexibility index (Phi) is 4.71. The summed E-state index contributed by atoms with van der Waals surface area (Å²) >= 11 is 0. The lowest BCUT2D eigenvalue weighted by atomic mass is 9.97. The van der Waals surface area contributed by atoms with Gasteiger partial charge in [-0.25, -0.2) is 4.39 Å². The Balaban J connectivity index is 1.69. The van der Waals surface area contributed by atoms with Crippen molar-refractivity contribution < 1.29 is 23.5 Å². The van der Waals surface area contributed by atoms with E-state index in [9.17, 15) is 14.0 Å². The first kappa shape index (κ1) is 16.7. The van der Waals surface area contributed by atoms with Crippen LogP contribution >= 0.6 is 0 Å². The van der Waals surface area contributed by atoms with E-state index in [1.165, 1.54) is 24.3 Å². The summed E-state index contributed by atoms with van der Waals surface area (Å²) in [6.07, 6.45) is 1.80. The van der Waals surface area contributed by atoms with Crippen LogP contribution in [-0.4, -0.2) is 48.6 Å². The van der Waals surface area contributed by atoms with Crippen LogP contribution in [0.2, 0.25) is 0 Å². The van der Waals surface area contributed by atoms with E-state index in [0.29, 0.717) is 18.9 Å². The maximum absolute atomic E-state index is 13.0. The molecule has 7 heteroatoms. The molecule has 2 N–H and O–H groups in total. The normalized spacial score (nSPS) is 23.8. The van der Waals surface area contributed by atoms with E-state index < -0.39 is 11.5 Å². The number of halogens is 1. The van der Waals surface area contributed by atoms with Crippen LogP contribution in [0.5, 0.6) is 5.75 Å². The van der Waals surface area contributed by atoms with Crippen molar-refractivity contribution in [1.82, 2.24) is 4.90 Å². The minimum atomic E-state index is -0.969. The van der Waals surface area contributed by atoms with Gasteiger partial charge < -0.3 is 20.1 Å². The summed E-state index contributed by atoms with van der Waals surface area (Å²) in [5, 5.41) is 0. The van der Waals surface area contributed by atoms with Crippen LogP contribution in [0, 0.1) is 11.7 Å². The van der Waals surface area contributed by atoms with Crippen molar-refractivity contribution in [3.8, 4) is 5.75 Å². The van der Waals surface area contributed by atoms with E-state index in [2.05, 4.69) is 0 Å². The zero-order valence-electron chi connectivity index (χ0n) is 13.4. The summed E-state index contributed by atoms with van der Waals surface area (Å²) in [6.45, 7) is 1.17. The van der Waals surface area contributed by atoms with Crippen molar-refractivity contribution >= 4 is 11.8 Å². The van der Waals surface area contributed by atoms with Gasteiger partial charge in [-0.2, -0.15) is 0 Å². The summed E-state index contributed by atoms with van der Waals surface area (Å²) in [6, 6.07) is 5.59. The summed E-state index contributed by atoms with van der Waals surface area (Å²) in [4.78, 5) is 25.5. The number of carbonyl (C=O) groups is 2. The van der Waals surface area contributed by atoms with Gasteiger partial charge in [-0.3, -0.25) is 9.59 Å². The van der Waals surface area contributed by atoms with Crippen LogP contribution in [-0.2, 0) is 14.3 Å². The summed E-state index contributed by atoms with van der Waals surface area (Å²) < 4.78 is 24.4. The highest BCUT2D eigenvalue weighted by atomic mass is 19.1. The first-order valence-electron chi connectivity index (χ1n) is 8.07. The molecule has 2 aliphatic rings. The molecule has 1 aliphatic heterocycles. The number of nitrogens with zero attached hydrogens (tertiary/aromatic N) is 1. The first-order valence-corrected chi connectivity index (χ1v) is 8.07. The minimum absolute atomic E-state index is 0.0390. The highest BCUT2D eigenvalue weighted by Gasteiger charge is 2.43. The second kappa shape index (κ2) is 6.76. The van der Waals surface area contributed by atoms with Gasteiger partial charge in [0.25, 0.3) is 0 Å². The lowest BCUT2D eigenvalue weighted by Crippen LogP contribution is -2.58. The summed E-state index contributed by atoms with van der Waals surface area (Å²) in [7, 11) is 0. The molecular weight excluding hydrogens is 315 g/mol. The predicted octanol–water partition coefficient (Wildman–Crippen LogP) is 1.09. The number of ether oxygens (including phenoxy) is 2. The number of morpholine rings is 1. The quantitative estimate of drug-likeness (QED) is 0.843. The van der Waals surface area contributed by atoms with Crippen LogP contribution in [0.3, 0.4) is 0 Å². The third kappa shape index (κ3) is 4.03. The molecule has 1 heterocycles. The third-order valence-corrected chi connectivity index (χ3v) is 4.30. The molecule has 3 rings (SSSR count). The fourth-order valence-electron chi connectivity index (χ4n) is 2.93. The Hall–Kier alpha value is -2.15. The van der Waals surface area contributed by atoms with Crippen LogP contribution in [0.15, 0.2) is 24.3 Å². The number of benzene rings is 1. The number of hydrogen-bond acceptors (Lipinski definition) is 4. The molecular formula is C17H21FN2O4. The van der Waals surface area contributed by atoms with Crippen molar-refractivity contribution in [3.05, 3.63) is 30.1 Å². The monoisotopic (exact) mass is 336 g/mol. The van der Waals surface area contributed by atoms with Gasteiger partial charge in [0.05, 0.1) is 19.6 Å². The molecule has 0 spiro atoms. The largest absolute Gasteiger partial charge is 0.490 e. The van der Waals surface area contributed by atoms with E-state index in [-0.39, 0.29) is 37.2 Å². The Bertz CT molecular complexity index is 618. The Morgan fingerprint density at radius 2 is 2.04 bits per heavy atom. The molecule has 1 aliphatic carbocycles. The van der Waals surface area contributed by atoms with Crippen molar-refractivity contribution in [1.29, 1.82) is 0 Å². The fraction of sp³-hybridized carbons (Fsp3) is 0.529. The number of primary amides is 1. The maximum atomic E-state index is 13.0. The summed E-state index contributed by atoms with van der Waals surface area (Å²) in [5.74, 6) is -0.196. The molecule has 24 heavy (non-hydrogen) atoms. The average molecular weight is 336 g/mol. The standard InChI is InChI=1S/C17H21FN2O4/c18-13-3-5-14(6-4-13)23-11-17(9-15(19)21)10-20(7-8-24-17)16(22)12-1-2-12/h3-6,12H,1-2,7-11H2,(H2,19,21)/t17-/m1/s1. The molecule has 0 bridgehead atoms. The Labute approximate surface area is 139 Å². The van der Waals surface area contributed by atoms with Crippen LogP contribution in [0.25, 0.3) is 0 Å². The molecule has 1 saturated carbocycles. The molecule has 1 atom stereocenters. The molecule has 1 aromatic rings. The van der Waals surface area contributed by atoms with E-state index >= 15 is 0 Å². The number of hydrogen-bond donors (Lipinski definition) is 1. The molecule has 2 amide bonds. The highest BCUT2D eigenvalue weighted by molar-refractivity contribution is 5.81. The predicted molar refractivity (Wildman–Crippen MR) is 83.7 cm³/mol.